The Labute approximate surface area is 112 Å². The van der Waals surface area contributed by atoms with E-state index in [1.54, 1.807) is 0 Å². The maximum Gasteiger partial charge on any atom is 0.0640 e. The van der Waals surface area contributed by atoms with E-state index in [1.807, 2.05) is 4.68 Å². The van der Waals surface area contributed by atoms with Crippen LogP contribution >= 0.6 is 0 Å². The van der Waals surface area contributed by atoms with Crippen molar-refractivity contribution in [2.75, 3.05) is 6.54 Å². The molecule has 1 aromatic rings. The van der Waals surface area contributed by atoms with E-state index >= 15 is 0 Å². The van der Waals surface area contributed by atoms with Crippen LogP contribution in [0.1, 0.15) is 65.1 Å². The van der Waals surface area contributed by atoms with Crippen LogP contribution < -0.4 is 5.32 Å². The third-order valence-electron chi connectivity index (χ3n) is 3.24. The highest BCUT2D eigenvalue weighted by Crippen LogP contribution is 2.10. The van der Waals surface area contributed by atoms with E-state index in [-0.39, 0.29) is 0 Å². The molecule has 0 spiro atoms. The fourth-order valence-electron chi connectivity index (χ4n) is 2.10. The maximum atomic E-state index is 4.64. The molecule has 0 aliphatic rings. The van der Waals surface area contributed by atoms with Crippen LogP contribution in [0.2, 0.25) is 0 Å². The van der Waals surface area contributed by atoms with Gasteiger partial charge in [-0.3, -0.25) is 4.68 Å². The first kappa shape index (κ1) is 15.2. The molecule has 0 saturated heterocycles. The molecule has 0 fully saturated rings. The van der Waals surface area contributed by atoms with Crippen molar-refractivity contribution in [3.05, 3.63) is 18.0 Å². The van der Waals surface area contributed by atoms with E-state index in [9.17, 15) is 0 Å². The standard InChI is InChI=1S/C15H29N3/c1-5-7-8-14(16-10-6-2)12-15-9-11-18(17-15)13(3)4/h9,11,13-14,16H,5-8,10,12H2,1-4H3. The van der Waals surface area contributed by atoms with Crippen molar-refractivity contribution < 1.29 is 0 Å². The molecule has 1 atom stereocenters. The van der Waals surface area contributed by atoms with Gasteiger partial charge in [0.05, 0.1) is 5.69 Å². The van der Waals surface area contributed by atoms with E-state index in [0.717, 1.165) is 13.0 Å². The zero-order valence-corrected chi connectivity index (χ0v) is 12.4. The van der Waals surface area contributed by atoms with Gasteiger partial charge in [-0.2, -0.15) is 5.10 Å². The molecule has 1 unspecified atom stereocenters. The number of nitrogens with zero attached hydrogens (tertiary/aromatic N) is 2. The Bertz CT molecular complexity index is 309. The second-order valence-corrected chi connectivity index (χ2v) is 5.38. The Kier molecular flexibility index (Phi) is 7.02. The first-order valence-corrected chi connectivity index (χ1v) is 7.44. The molecule has 0 amide bonds. The third-order valence-corrected chi connectivity index (χ3v) is 3.24. The third kappa shape index (κ3) is 5.21. The first-order valence-electron chi connectivity index (χ1n) is 7.44. The highest BCUT2D eigenvalue weighted by atomic mass is 15.3. The number of hydrogen-bond acceptors (Lipinski definition) is 2. The van der Waals surface area contributed by atoms with Crippen LogP contribution in [0.15, 0.2) is 12.3 Å². The molecule has 104 valence electrons. The Balaban J connectivity index is 2.51. The summed E-state index contributed by atoms with van der Waals surface area (Å²) in [5.74, 6) is 0. The van der Waals surface area contributed by atoms with Gasteiger partial charge in [0.2, 0.25) is 0 Å². The molecule has 0 radical (unpaired) electrons. The van der Waals surface area contributed by atoms with Crippen molar-refractivity contribution >= 4 is 0 Å². The van der Waals surface area contributed by atoms with Gasteiger partial charge >= 0.3 is 0 Å². The topological polar surface area (TPSA) is 29.9 Å². The summed E-state index contributed by atoms with van der Waals surface area (Å²) in [4.78, 5) is 0. The van der Waals surface area contributed by atoms with Gasteiger partial charge in [0, 0.05) is 24.7 Å². The molecular formula is C15H29N3. The van der Waals surface area contributed by atoms with E-state index in [4.69, 9.17) is 0 Å². The van der Waals surface area contributed by atoms with Gasteiger partial charge in [-0.15, -0.1) is 0 Å². The number of rotatable bonds is 9. The molecule has 1 N–H and O–H groups in total. The number of aromatic nitrogens is 2. The molecule has 1 rings (SSSR count). The maximum absolute atomic E-state index is 4.64. The van der Waals surface area contributed by atoms with Gasteiger partial charge in [0.1, 0.15) is 0 Å². The molecule has 1 aromatic heterocycles. The van der Waals surface area contributed by atoms with Crippen molar-refractivity contribution in [1.82, 2.24) is 15.1 Å². The van der Waals surface area contributed by atoms with Gasteiger partial charge in [-0.05, 0) is 39.3 Å². The average molecular weight is 251 g/mol. The molecule has 3 nitrogen and oxygen atoms in total. The SMILES string of the molecule is CCCCC(Cc1ccn(C(C)C)n1)NCCC. The Morgan fingerprint density at radius 3 is 2.61 bits per heavy atom. The summed E-state index contributed by atoms with van der Waals surface area (Å²) in [6.07, 6.45) is 8.17. The van der Waals surface area contributed by atoms with Crippen molar-refractivity contribution in [2.24, 2.45) is 0 Å². The Hall–Kier alpha value is -0.830. The Morgan fingerprint density at radius 2 is 2.06 bits per heavy atom. The van der Waals surface area contributed by atoms with E-state index < -0.39 is 0 Å². The van der Waals surface area contributed by atoms with Gasteiger partial charge in [-0.1, -0.05) is 26.7 Å². The van der Waals surface area contributed by atoms with Crippen LogP contribution in [0.5, 0.6) is 0 Å². The smallest absolute Gasteiger partial charge is 0.0640 e. The van der Waals surface area contributed by atoms with Crippen LogP contribution in [-0.2, 0) is 6.42 Å². The van der Waals surface area contributed by atoms with Crippen molar-refractivity contribution in [2.45, 2.75) is 71.9 Å². The Morgan fingerprint density at radius 1 is 1.28 bits per heavy atom. The summed E-state index contributed by atoms with van der Waals surface area (Å²) >= 11 is 0. The molecule has 3 heteroatoms. The van der Waals surface area contributed by atoms with Crippen LogP contribution in [0, 0.1) is 0 Å². The lowest BCUT2D eigenvalue weighted by molar-refractivity contribution is 0.452. The summed E-state index contributed by atoms with van der Waals surface area (Å²) in [5.41, 5.74) is 1.22. The molecule has 0 aliphatic heterocycles. The van der Waals surface area contributed by atoms with E-state index in [1.165, 1.54) is 31.4 Å². The minimum atomic E-state index is 0.455. The lowest BCUT2D eigenvalue weighted by Crippen LogP contribution is -2.32. The predicted octanol–water partition coefficient (Wildman–Crippen LogP) is 3.56. The molecule has 0 aliphatic carbocycles. The van der Waals surface area contributed by atoms with Crippen molar-refractivity contribution in [3.63, 3.8) is 0 Å². The van der Waals surface area contributed by atoms with Gasteiger partial charge in [0.15, 0.2) is 0 Å². The average Bonchev–Trinajstić information content (AvgIpc) is 2.81. The fraction of sp³-hybridized carbons (Fsp3) is 0.800. The lowest BCUT2D eigenvalue weighted by Gasteiger charge is -2.17. The minimum absolute atomic E-state index is 0.455. The number of unbranched alkanes of at least 4 members (excludes halogenated alkanes) is 1. The largest absolute Gasteiger partial charge is 0.314 e. The zero-order chi connectivity index (χ0) is 13.4. The normalized spacial score (nSPS) is 13.2. The summed E-state index contributed by atoms with van der Waals surface area (Å²) in [6, 6.07) is 3.20. The fourth-order valence-corrected chi connectivity index (χ4v) is 2.10. The van der Waals surface area contributed by atoms with Crippen molar-refractivity contribution in [3.8, 4) is 0 Å². The first-order chi connectivity index (χ1) is 8.67. The lowest BCUT2D eigenvalue weighted by atomic mass is 10.0. The van der Waals surface area contributed by atoms with E-state index in [0.29, 0.717) is 12.1 Å². The molecular weight excluding hydrogens is 222 g/mol. The van der Waals surface area contributed by atoms with Gasteiger partial charge in [0.25, 0.3) is 0 Å². The molecule has 0 bridgehead atoms. The van der Waals surface area contributed by atoms with Crippen LogP contribution in [0.4, 0.5) is 0 Å². The van der Waals surface area contributed by atoms with Gasteiger partial charge in [-0.25, -0.2) is 0 Å². The zero-order valence-electron chi connectivity index (χ0n) is 12.4. The summed E-state index contributed by atoms with van der Waals surface area (Å²) in [6.45, 7) is 9.92. The second-order valence-electron chi connectivity index (χ2n) is 5.38. The molecule has 1 heterocycles. The van der Waals surface area contributed by atoms with Crippen LogP contribution in [0.3, 0.4) is 0 Å². The van der Waals surface area contributed by atoms with Crippen molar-refractivity contribution in [1.29, 1.82) is 0 Å². The van der Waals surface area contributed by atoms with Gasteiger partial charge < -0.3 is 5.32 Å². The quantitative estimate of drug-likeness (QED) is 0.727. The van der Waals surface area contributed by atoms with Crippen LogP contribution in [0.25, 0.3) is 0 Å². The summed E-state index contributed by atoms with van der Waals surface area (Å²) in [5, 5.41) is 8.28. The molecule has 18 heavy (non-hydrogen) atoms. The second kappa shape index (κ2) is 8.30. The highest BCUT2D eigenvalue weighted by molar-refractivity contribution is 5.02. The highest BCUT2D eigenvalue weighted by Gasteiger charge is 2.10. The molecule has 0 saturated carbocycles. The predicted molar refractivity (Wildman–Crippen MR) is 77.9 cm³/mol. The van der Waals surface area contributed by atoms with E-state index in [2.05, 4.69) is 50.4 Å². The summed E-state index contributed by atoms with van der Waals surface area (Å²) < 4.78 is 2.05. The molecule has 0 aromatic carbocycles. The number of nitrogens with one attached hydrogen (secondary N) is 1. The number of hydrogen-bond donors (Lipinski definition) is 1. The summed E-state index contributed by atoms with van der Waals surface area (Å²) in [7, 11) is 0. The van der Waals surface area contributed by atoms with Crippen LogP contribution in [-0.4, -0.2) is 22.4 Å². The minimum Gasteiger partial charge on any atom is -0.314 e. The monoisotopic (exact) mass is 251 g/mol.